The van der Waals surface area contributed by atoms with Crippen molar-refractivity contribution in [3.05, 3.63) is 277 Å². The number of rotatable bonds is 8. The first-order valence-electron chi connectivity index (χ1n) is 24.9. The van der Waals surface area contributed by atoms with E-state index in [1.165, 1.54) is 6.07 Å². The molecule has 2 heterocycles. The lowest BCUT2D eigenvalue weighted by atomic mass is 9.94. The first kappa shape index (κ1) is 45.6. The molecule has 13 aromatic rings. The van der Waals surface area contributed by atoms with Crippen LogP contribution < -0.4 is 0 Å². The second-order valence-electron chi connectivity index (χ2n) is 18.9. The van der Waals surface area contributed by atoms with Gasteiger partial charge in [0.25, 0.3) is 0 Å². The fraction of sp³-hybridized carbons (Fsp3) is 0.0145. The molecule has 0 spiro atoms. The van der Waals surface area contributed by atoms with Crippen LogP contribution in [0.2, 0.25) is 0 Å². The van der Waals surface area contributed by atoms with Crippen LogP contribution in [0.4, 0.5) is 24.5 Å². The third-order valence-electron chi connectivity index (χ3n) is 14.6. The maximum Gasteiger partial charge on any atom is 0.415 e. The van der Waals surface area contributed by atoms with E-state index in [0.29, 0.717) is 27.9 Å². The van der Waals surface area contributed by atoms with Gasteiger partial charge < -0.3 is 9.13 Å². The SMILES string of the molecule is [C-]#[N+]c1cc(C(F)(F)F)ccc1-c1ccc(-n2c3ccc(-c4ccccc4)cc3c3cc(-c4ccccc4)ccc32)c(-c2cc(-n3c4ccc(-c5ccccc5)cc4c4cc(-c5ccccc5)ccc43)ccc2[N+]#[C-])c1. The smallest absolute Gasteiger partial charge is 0.309 e. The summed E-state index contributed by atoms with van der Waals surface area (Å²) in [7, 11) is 0. The zero-order chi connectivity index (χ0) is 51.5. The third kappa shape index (κ3) is 7.87. The van der Waals surface area contributed by atoms with Crippen molar-refractivity contribution in [3.63, 3.8) is 0 Å². The summed E-state index contributed by atoms with van der Waals surface area (Å²) in [6.45, 7) is 16.8. The number of hydrogen-bond donors (Lipinski definition) is 0. The fourth-order valence-corrected chi connectivity index (χ4v) is 11.0. The molecule has 0 aliphatic heterocycles. The molecule has 76 heavy (non-hydrogen) atoms. The molecule has 0 amide bonds. The van der Waals surface area contributed by atoms with Crippen LogP contribution in [0.25, 0.3) is 131 Å². The lowest BCUT2D eigenvalue weighted by molar-refractivity contribution is -0.137. The number of nitrogens with zero attached hydrogens (tertiary/aromatic N) is 4. The Morgan fingerprint density at radius 1 is 0.303 bits per heavy atom. The summed E-state index contributed by atoms with van der Waals surface area (Å²) in [5, 5.41) is 4.18. The highest BCUT2D eigenvalue weighted by molar-refractivity contribution is 6.14. The molecule has 11 aromatic carbocycles. The number of alkyl halides is 3. The third-order valence-corrected chi connectivity index (χ3v) is 14.6. The Morgan fingerprint density at radius 2 is 0.711 bits per heavy atom. The Bertz CT molecular complexity index is 4310. The predicted octanol–water partition coefficient (Wildman–Crippen LogP) is 20.0. The number of aromatic nitrogens is 2. The van der Waals surface area contributed by atoms with E-state index in [4.69, 9.17) is 13.1 Å². The van der Waals surface area contributed by atoms with Crippen molar-refractivity contribution in [2.45, 2.75) is 6.18 Å². The van der Waals surface area contributed by atoms with Crippen molar-refractivity contribution >= 4 is 55.0 Å². The van der Waals surface area contributed by atoms with E-state index >= 15 is 0 Å². The molecule has 358 valence electrons. The second kappa shape index (κ2) is 18.4. The number of benzene rings is 11. The van der Waals surface area contributed by atoms with Gasteiger partial charge in [0.1, 0.15) is 0 Å². The highest BCUT2D eigenvalue weighted by Crippen LogP contribution is 2.46. The number of hydrogen-bond acceptors (Lipinski definition) is 0. The van der Waals surface area contributed by atoms with Gasteiger partial charge in [0, 0.05) is 32.8 Å². The van der Waals surface area contributed by atoms with Gasteiger partial charge in [-0.25, -0.2) is 9.69 Å². The van der Waals surface area contributed by atoms with Gasteiger partial charge >= 0.3 is 6.18 Å². The van der Waals surface area contributed by atoms with Gasteiger partial charge in [-0.1, -0.05) is 170 Å². The zero-order valence-corrected chi connectivity index (χ0v) is 40.6. The molecule has 0 bridgehead atoms. The minimum atomic E-state index is -4.63. The van der Waals surface area contributed by atoms with Gasteiger partial charge in [-0.2, -0.15) is 13.2 Å². The van der Waals surface area contributed by atoms with Gasteiger partial charge in [0.05, 0.1) is 40.9 Å². The second-order valence-corrected chi connectivity index (χ2v) is 18.9. The van der Waals surface area contributed by atoms with Crippen LogP contribution in [0, 0.1) is 13.1 Å². The van der Waals surface area contributed by atoms with Gasteiger partial charge in [0.15, 0.2) is 11.4 Å². The zero-order valence-electron chi connectivity index (χ0n) is 40.6. The molecular formula is C69H41F3N4. The van der Waals surface area contributed by atoms with Crippen LogP contribution in [0.1, 0.15) is 5.56 Å². The molecule has 4 nitrogen and oxygen atoms in total. The van der Waals surface area contributed by atoms with E-state index in [9.17, 15) is 13.2 Å². The average Bonchev–Trinajstić information content (AvgIpc) is 4.12. The minimum Gasteiger partial charge on any atom is -0.309 e. The van der Waals surface area contributed by atoms with Gasteiger partial charge in [-0.05, 0) is 146 Å². The van der Waals surface area contributed by atoms with Crippen LogP contribution in [0.15, 0.2) is 249 Å². The highest BCUT2D eigenvalue weighted by atomic mass is 19.4. The molecule has 0 fully saturated rings. The summed E-state index contributed by atoms with van der Waals surface area (Å²) in [6, 6.07) is 82.4. The van der Waals surface area contributed by atoms with Crippen LogP contribution in [0.5, 0.6) is 0 Å². The van der Waals surface area contributed by atoms with Crippen molar-refractivity contribution in [2.24, 2.45) is 0 Å². The molecule has 7 heteroatoms. The van der Waals surface area contributed by atoms with Crippen LogP contribution in [0.3, 0.4) is 0 Å². The highest BCUT2D eigenvalue weighted by Gasteiger charge is 2.31. The molecule has 0 saturated carbocycles. The van der Waals surface area contributed by atoms with Crippen LogP contribution in [-0.4, -0.2) is 9.13 Å². The van der Waals surface area contributed by atoms with E-state index in [1.807, 2.05) is 103 Å². The summed E-state index contributed by atoms with van der Waals surface area (Å²) in [5.41, 5.74) is 15.6. The molecule has 0 aliphatic rings. The standard InChI is InChI=1S/C69H41F3N4/c1-73-62-31-29-54(75-64-32-23-48(44-15-7-3-8-16-44)37-58(64)59-38-49(24-33-65(59)75)45-17-9-4-10-18-45)43-56(62)57-41-52(55-30-28-53(69(70,71)72)42-63(55)74-2)27-36-66(57)76-67-34-25-50(46-19-11-5-12-20-46)39-60(67)61-40-51(26-35-68(61)76)47-21-13-6-14-22-47/h3-43H. The lowest BCUT2D eigenvalue weighted by Crippen LogP contribution is -2.04. The van der Waals surface area contributed by atoms with E-state index in [-0.39, 0.29) is 5.69 Å². The quantitative estimate of drug-likeness (QED) is 0.135. The molecule has 2 aromatic heterocycles. The topological polar surface area (TPSA) is 18.6 Å². The molecule has 0 N–H and O–H groups in total. The molecule has 0 aliphatic carbocycles. The normalized spacial score (nSPS) is 11.6. The van der Waals surface area contributed by atoms with E-state index in [0.717, 1.165) is 112 Å². The summed E-state index contributed by atoms with van der Waals surface area (Å²) in [5.74, 6) is 0. The lowest BCUT2D eigenvalue weighted by Gasteiger charge is -2.19. The van der Waals surface area contributed by atoms with Crippen molar-refractivity contribution in [1.82, 2.24) is 9.13 Å². The maximum absolute atomic E-state index is 14.1. The Balaban J connectivity index is 1.09. The minimum absolute atomic E-state index is 0.124. The van der Waals surface area contributed by atoms with Gasteiger partial charge in [0.2, 0.25) is 0 Å². The Morgan fingerprint density at radius 3 is 1.12 bits per heavy atom. The predicted molar refractivity (Wildman–Crippen MR) is 305 cm³/mol. The Labute approximate surface area is 436 Å². The summed E-state index contributed by atoms with van der Waals surface area (Å²) in [6.07, 6.45) is -4.63. The molecule has 0 radical (unpaired) electrons. The van der Waals surface area contributed by atoms with E-state index in [1.54, 1.807) is 0 Å². The summed E-state index contributed by atoms with van der Waals surface area (Å²) in [4.78, 5) is 7.78. The van der Waals surface area contributed by atoms with Gasteiger partial charge in [-0.15, -0.1) is 0 Å². The summed E-state index contributed by atoms with van der Waals surface area (Å²) >= 11 is 0. The number of fused-ring (bicyclic) bond motifs is 6. The molecule has 13 rings (SSSR count). The number of halogens is 3. The first-order valence-corrected chi connectivity index (χ1v) is 24.9. The molecular weight excluding hydrogens is 942 g/mol. The van der Waals surface area contributed by atoms with E-state index in [2.05, 4.69) is 146 Å². The Hall–Kier alpha value is -10.2. The molecule has 0 unspecified atom stereocenters. The van der Waals surface area contributed by atoms with Crippen LogP contribution >= 0.6 is 0 Å². The fourth-order valence-electron chi connectivity index (χ4n) is 11.0. The Kier molecular flexibility index (Phi) is 11.0. The maximum atomic E-state index is 14.1. The van der Waals surface area contributed by atoms with Gasteiger partial charge in [-0.3, -0.25) is 0 Å². The first-order chi connectivity index (χ1) is 37.2. The van der Waals surface area contributed by atoms with Crippen molar-refractivity contribution in [2.75, 3.05) is 0 Å². The molecule has 0 saturated heterocycles. The largest absolute Gasteiger partial charge is 0.415 e. The summed E-state index contributed by atoms with van der Waals surface area (Å²) < 4.78 is 46.8. The monoisotopic (exact) mass is 982 g/mol. The average molecular weight is 983 g/mol. The van der Waals surface area contributed by atoms with Crippen molar-refractivity contribution in [3.8, 4) is 78.1 Å². The van der Waals surface area contributed by atoms with Crippen molar-refractivity contribution < 1.29 is 13.2 Å². The van der Waals surface area contributed by atoms with Crippen molar-refractivity contribution in [1.29, 1.82) is 0 Å². The van der Waals surface area contributed by atoms with E-state index < -0.39 is 11.7 Å². The van der Waals surface area contributed by atoms with Crippen LogP contribution in [-0.2, 0) is 6.18 Å². The molecule has 0 atom stereocenters.